The number of nitrogens with zero attached hydrogens (tertiary/aromatic N) is 3. The summed E-state index contributed by atoms with van der Waals surface area (Å²) in [6.07, 6.45) is 7.05. The van der Waals surface area contributed by atoms with Crippen LogP contribution in [0.4, 0.5) is 17.5 Å². The lowest BCUT2D eigenvalue weighted by Crippen LogP contribution is -2.25. The van der Waals surface area contributed by atoms with Crippen molar-refractivity contribution in [2.24, 2.45) is 5.92 Å². The first-order valence-corrected chi connectivity index (χ1v) is 7.63. The highest BCUT2D eigenvalue weighted by Gasteiger charge is 2.25. The second-order valence-electron chi connectivity index (χ2n) is 5.59. The zero-order chi connectivity index (χ0) is 15.2. The van der Waals surface area contributed by atoms with Gasteiger partial charge >= 0.3 is 5.69 Å². The van der Waals surface area contributed by atoms with E-state index in [9.17, 15) is 10.1 Å². The normalized spacial score (nSPS) is 16.7. The minimum absolute atomic E-state index is 0.0677. The Hall–Kier alpha value is -1.92. The van der Waals surface area contributed by atoms with Gasteiger partial charge in [0.05, 0.1) is 4.92 Å². The highest BCUT2D eigenvalue weighted by atomic mass is 16.6. The molecule has 0 spiro atoms. The Morgan fingerprint density at radius 1 is 1.48 bits per heavy atom. The molecule has 1 atom stereocenters. The van der Waals surface area contributed by atoms with Gasteiger partial charge in [0.15, 0.2) is 0 Å². The molecule has 1 saturated carbocycles. The van der Waals surface area contributed by atoms with Crippen molar-refractivity contribution in [3.8, 4) is 0 Å². The van der Waals surface area contributed by atoms with Crippen LogP contribution in [0.5, 0.6) is 0 Å². The fourth-order valence-electron chi connectivity index (χ4n) is 2.73. The fourth-order valence-corrected chi connectivity index (χ4v) is 2.73. The second-order valence-corrected chi connectivity index (χ2v) is 5.59. The summed E-state index contributed by atoms with van der Waals surface area (Å²) in [7, 11) is 0. The van der Waals surface area contributed by atoms with Crippen LogP contribution < -0.4 is 10.6 Å². The molecule has 2 rings (SSSR count). The SMILES string of the molecule is CCCNc1ncc([N+](=O)[O-])c(NC(C)C2CCCC2)n1. The molecule has 0 radical (unpaired) electrons. The molecule has 2 N–H and O–H groups in total. The zero-order valence-electron chi connectivity index (χ0n) is 12.6. The summed E-state index contributed by atoms with van der Waals surface area (Å²) < 4.78 is 0. The molecule has 0 bridgehead atoms. The number of anilines is 2. The fraction of sp³-hybridized carbons (Fsp3) is 0.714. The summed E-state index contributed by atoms with van der Waals surface area (Å²) in [5.41, 5.74) is -0.0677. The maximum absolute atomic E-state index is 11.1. The average molecular weight is 293 g/mol. The van der Waals surface area contributed by atoms with E-state index in [-0.39, 0.29) is 11.7 Å². The van der Waals surface area contributed by atoms with Gasteiger partial charge in [0, 0.05) is 12.6 Å². The lowest BCUT2D eigenvalue weighted by Gasteiger charge is -2.20. The van der Waals surface area contributed by atoms with E-state index in [4.69, 9.17) is 0 Å². The van der Waals surface area contributed by atoms with Crippen molar-refractivity contribution in [1.82, 2.24) is 9.97 Å². The van der Waals surface area contributed by atoms with E-state index in [0.29, 0.717) is 17.7 Å². The van der Waals surface area contributed by atoms with Gasteiger partial charge in [-0.1, -0.05) is 19.8 Å². The van der Waals surface area contributed by atoms with E-state index in [1.54, 1.807) is 0 Å². The van der Waals surface area contributed by atoms with Gasteiger partial charge < -0.3 is 10.6 Å². The smallest absolute Gasteiger partial charge is 0.329 e. The van der Waals surface area contributed by atoms with E-state index < -0.39 is 4.92 Å². The Bertz CT molecular complexity index is 488. The monoisotopic (exact) mass is 293 g/mol. The predicted octanol–water partition coefficient (Wildman–Crippen LogP) is 3.20. The largest absolute Gasteiger partial charge is 0.361 e. The van der Waals surface area contributed by atoms with E-state index in [1.807, 2.05) is 6.92 Å². The Balaban J connectivity index is 2.14. The van der Waals surface area contributed by atoms with Gasteiger partial charge in [-0.25, -0.2) is 4.98 Å². The minimum Gasteiger partial charge on any atom is -0.361 e. The Morgan fingerprint density at radius 3 is 2.81 bits per heavy atom. The molecule has 1 fully saturated rings. The summed E-state index contributed by atoms with van der Waals surface area (Å²) in [5.74, 6) is 1.31. The van der Waals surface area contributed by atoms with Crippen LogP contribution in [0.1, 0.15) is 46.0 Å². The predicted molar refractivity (Wildman–Crippen MR) is 82.5 cm³/mol. The molecule has 1 aliphatic rings. The molecule has 1 heterocycles. The molecule has 116 valence electrons. The number of aromatic nitrogens is 2. The van der Waals surface area contributed by atoms with Gasteiger partial charge in [-0.2, -0.15) is 4.98 Å². The summed E-state index contributed by atoms with van der Waals surface area (Å²) in [6.45, 7) is 4.86. The molecule has 1 aromatic heterocycles. The molecule has 1 aliphatic carbocycles. The molecule has 7 nitrogen and oxygen atoms in total. The first kappa shape index (κ1) is 15.5. The highest BCUT2D eigenvalue weighted by Crippen LogP contribution is 2.31. The van der Waals surface area contributed by atoms with Crippen LogP contribution in [0.3, 0.4) is 0 Å². The maximum atomic E-state index is 11.1. The Labute approximate surface area is 124 Å². The number of hydrogen-bond donors (Lipinski definition) is 2. The van der Waals surface area contributed by atoms with Crippen molar-refractivity contribution in [2.75, 3.05) is 17.2 Å². The van der Waals surface area contributed by atoms with Crippen LogP contribution in [0, 0.1) is 16.0 Å². The van der Waals surface area contributed by atoms with Crippen LogP contribution in [-0.4, -0.2) is 27.5 Å². The van der Waals surface area contributed by atoms with Gasteiger partial charge in [-0.05, 0) is 32.1 Å². The molecular weight excluding hydrogens is 270 g/mol. The van der Waals surface area contributed by atoms with Gasteiger partial charge in [0.2, 0.25) is 11.8 Å². The maximum Gasteiger partial charge on any atom is 0.329 e. The zero-order valence-corrected chi connectivity index (χ0v) is 12.6. The van der Waals surface area contributed by atoms with Crippen LogP contribution in [0.15, 0.2) is 6.20 Å². The van der Waals surface area contributed by atoms with E-state index in [0.717, 1.165) is 13.0 Å². The number of hydrogen-bond acceptors (Lipinski definition) is 6. The highest BCUT2D eigenvalue weighted by molar-refractivity contribution is 5.57. The molecule has 0 aliphatic heterocycles. The van der Waals surface area contributed by atoms with Gasteiger partial charge in [0.25, 0.3) is 0 Å². The standard InChI is InChI=1S/C14H23N5O2/c1-3-8-15-14-16-9-12(19(20)21)13(18-14)17-10(2)11-6-4-5-7-11/h9-11H,3-8H2,1-2H3,(H2,15,16,17,18). The van der Waals surface area contributed by atoms with Crippen molar-refractivity contribution in [3.63, 3.8) is 0 Å². The minimum atomic E-state index is -0.437. The van der Waals surface area contributed by atoms with Crippen LogP contribution in [0.2, 0.25) is 0 Å². The third-order valence-corrected chi connectivity index (χ3v) is 3.97. The summed E-state index contributed by atoms with van der Waals surface area (Å²) >= 11 is 0. The molecular formula is C14H23N5O2. The average Bonchev–Trinajstić information content (AvgIpc) is 2.99. The van der Waals surface area contributed by atoms with Crippen molar-refractivity contribution in [3.05, 3.63) is 16.3 Å². The third-order valence-electron chi connectivity index (χ3n) is 3.97. The number of rotatable bonds is 7. The molecule has 7 heteroatoms. The quantitative estimate of drug-likeness (QED) is 0.592. The lowest BCUT2D eigenvalue weighted by atomic mass is 10.00. The first-order valence-electron chi connectivity index (χ1n) is 7.63. The van der Waals surface area contributed by atoms with E-state index in [1.165, 1.54) is 31.9 Å². The van der Waals surface area contributed by atoms with Crippen molar-refractivity contribution in [1.29, 1.82) is 0 Å². The molecule has 1 unspecified atom stereocenters. The van der Waals surface area contributed by atoms with E-state index >= 15 is 0 Å². The second kappa shape index (κ2) is 7.19. The molecule has 1 aromatic rings. The van der Waals surface area contributed by atoms with Crippen molar-refractivity contribution in [2.45, 2.75) is 52.0 Å². The van der Waals surface area contributed by atoms with Crippen LogP contribution in [0.25, 0.3) is 0 Å². The van der Waals surface area contributed by atoms with Gasteiger partial charge in [-0.3, -0.25) is 10.1 Å². The van der Waals surface area contributed by atoms with Crippen molar-refractivity contribution < 1.29 is 4.92 Å². The third kappa shape index (κ3) is 4.03. The molecule has 21 heavy (non-hydrogen) atoms. The first-order chi connectivity index (χ1) is 10.1. The van der Waals surface area contributed by atoms with Gasteiger partial charge in [-0.15, -0.1) is 0 Å². The Morgan fingerprint density at radius 2 is 2.19 bits per heavy atom. The molecule has 0 amide bonds. The summed E-state index contributed by atoms with van der Waals surface area (Å²) in [4.78, 5) is 18.9. The number of nitro groups is 1. The Kier molecular flexibility index (Phi) is 5.30. The van der Waals surface area contributed by atoms with Gasteiger partial charge in [0.1, 0.15) is 6.20 Å². The van der Waals surface area contributed by atoms with Crippen LogP contribution >= 0.6 is 0 Å². The van der Waals surface area contributed by atoms with E-state index in [2.05, 4.69) is 27.5 Å². The van der Waals surface area contributed by atoms with Crippen molar-refractivity contribution >= 4 is 17.5 Å². The molecule has 0 aromatic carbocycles. The topological polar surface area (TPSA) is 93.0 Å². The lowest BCUT2D eigenvalue weighted by molar-refractivity contribution is -0.384. The summed E-state index contributed by atoms with van der Waals surface area (Å²) in [5, 5.41) is 17.4. The molecule has 0 saturated heterocycles. The number of nitrogens with one attached hydrogen (secondary N) is 2. The summed E-state index contributed by atoms with van der Waals surface area (Å²) in [6, 6.07) is 0.181. The van der Waals surface area contributed by atoms with Crippen LogP contribution in [-0.2, 0) is 0 Å².